The molecule has 98 valence electrons. The molecule has 0 saturated carbocycles. The van der Waals surface area contributed by atoms with E-state index < -0.39 is 5.54 Å². The summed E-state index contributed by atoms with van der Waals surface area (Å²) in [5.74, 6) is 0.515. The Morgan fingerprint density at radius 1 is 1.21 bits per heavy atom. The molecule has 2 N–H and O–H groups in total. The van der Waals surface area contributed by atoms with Crippen LogP contribution >= 0.6 is 0 Å². The molecule has 1 aromatic heterocycles. The molecule has 0 spiro atoms. The molecule has 1 atom stereocenters. The summed E-state index contributed by atoms with van der Waals surface area (Å²) in [5, 5.41) is 0. The molecule has 0 amide bonds. The number of aryl methyl sites for hydroxylation is 1. The van der Waals surface area contributed by atoms with Crippen LogP contribution in [0.1, 0.15) is 29.7 Å². The number of rotatable bonds is 2. The van der Waals surface area contributed by atoms with E-state index in [0.717, 1.165) is 30.5 Å². The minimum Gasteiger partial charge on any atom is -0.480 e. The molecular formula is C15H17N3O. The molecule has 3 rings (SSSR count). The first-order valence-electron chi connectivity index (χ1n) is 6.48. The molecule has 4 heteroatoms. The van der Waals surface area contributed by atoms with Crippen molar-refractivity contribution < 1.29 is 4.74 Å². The molecular weight excluding hydrogens is 238 g/mol. The summed E-state index contributed by atoms with van der Waals surface area (Å²) in [6.45, 7) is 0. The van der Waals surface area contributed by atoms with Crippen LogP contribution in [0, 0.1) is 0 Å². The molecule has 0 bridgehead atoms. The zero-order valence-electron chi connectivity index (χ0n) is 11.0. The van der Waals surface area contributed by atoms with Crippen LogP contribution in [0.4, 0.5) is 0 Å². The molecule has 0 radical (unpaired) electrons. The van der Waals surface area contributed by atoms with E-state index in [4.69, 9.17) is 10.5 Å². The molecule has 1 heterocycles. The number of methoxy groups -OCH3 is 1. The van der Waals surface area contributed by atoms with Crippen molar-refractivity contribution in [2.75, 3.05) is 7.11 Å². The predicted octanol–water partition coefficient (Wildman–Crippen LogP) is 2.02. The maximum absolute atomic E-state index is 6.69. The fraction of sp³-hybridized carbons (Fsp3) is 0.333. The largest absolute Gasteiger partial charge is 0.480 e. The van der Waals surface area contributed by atoms with Gasteiger partial charge >= 0.3 is 0 Å². The number of fused-ring (bicyclic) bond motifs is 1. The van der Waals surface area contributed by atoms with Gasteiger partial charge in [-0.1, -0.05) is 24.3 Å². The SMILES string of the molecule is COc1nccnc1C1(N)CCCc2ccccc21. The Bertz CT molecular complexity index is 599. The third-order valence-corrected chi connectivity index (χ3v) is 3.80. The number of nitrogens with zero attached hydrogens (tertiary/aromatic N) is 2. The molecule has 2 aromatic rings. The molecule has 1 unspecified atom stereocenters. The normalized spacial score (nSPS) is 21.8. The van der Waals surface area contributed by atoms with E-state index in [1.165, 1.54) is 5.56 Å². The summed E-state index contributed by atoms with van der Waals surface area (Å²) in [4.78, 5) is 8.66. The summed E-state index contributed by atoms with van der Waals surface area (Å²) in [5.41, 5.74) is 9.24. The average molecular weight is 255 g/mol. The second-order valence-corrected chi connectivity index (χ2v) is 4.90. The lowest BCUT2D eigenvalue weighted by Gasteiger charge is -2.35. The van der Waals surface area contributed by atoms with Gasteiger partial charge in [0.2, 0.25) is 5.88 Å². The summed E-state index contributed by atoms with van der Waals surface area (Å²) in [6, 6.07) is 8.30. The van der Waals surface area contributed by atoms with Gasteiger partial charge in [-0.25, -0.2) is 4.98 Å². The van der Waals surface area contributed by atoms with Crippen LogP contribution in [0.5, 0.6) is 5.88 Å². The summed E-state index contributed by atoms with van der Waals surface area (Å²) in [7, 11) is 1.60. The Labute approximate surface area is 112 Å². The zero-order chi connectivity index (χ0) is 13.3. The van der Waals surface area contributed by atoms with E-state index >= 15 is 0 Å². The third-order valence-electron chi connectivity index (χ3n) is 3.80. The highest BCUT2D eigenvalue weighted by atomic mass is 16.5. The molecule has 1 aromatic carbocycles. The molecule has 4 nitrogen and oxygen atoms in total. The van der Waals surface area contributed by atoms with Gasteiger partial charge in [-0.3, -0.25) is 4.98 Å². The first kappa shape index (κ1) is 12.1. The summed E-state index contributed by atoms with van der Waals surface area (Å²) in [6.07, 6.45) is 6.27. The highest BCUT2D eigenvalue weighted by molar-refractivity contribution is 5.44. The smallest absolute Gasteiger partial charge is 0.237 e. The van der Waals surface area contributed by atoms with Gasteiger partial charge in [0.05, 0.1) is 12.6 Å². The Morgan fingerprint density at radius 2 is 2.00 bits per heavy atom. The van der Waals surface area contributed by atoms with Crippen LogP contribution in [0.2, 0.25) is 0 Å². The molecule has 0 saturated heterocycles. The molecule has 0 fully saturated rings. The van der Waals surface area contributed by atoms with E-state index in [2.05, 4.69) is 28.2 Å². The van der Waals surface area contributed by atoms with E-state index in [-0.39, 0.29) is 0 Å². The van der Waals surface area contributed by atoms with Crippen LogP contribution in [-0.4, -0.2) is 17.1 Å². The van der Waals surface area contributed by atoms with Crippen molar-refractivity contribution >= 4 is 0 Å². The number of ether oxygens (including phenoxy) is 1. The van der Waals surface area contributed by atoms with E-state index in [1.807, 2.05) is 6.07 Å². The van der Waals surface area contributed by atoms with Crippen LogP contribution in [0.15, 0.2) is 36.7 Å². The molecule has 0 aliphatic heterocycles. The molecule has 19 heavy (non-hydrogen) atoms. The van der Waals surface area contributed by atoms with Crippen LogP contribution in [0.3, 0.4) is 0 Å². The standard InChI is InChI=1S/C15H17N3O/c1-19-14-13(17-9-10-18-14)15(16)8-4-6-11-5-2-3-7-12(11)15/h2-3,5,7,9-10H,4,6,8,16H2,1H3. The number of nitrogens with two attached hydrogens (primary N) is 1. The van der Waals surface area contributed by atoms with Gasteiger partial charge in [0.25, 0.3) is 0 Å². The number of hydrogen-bond donors (Lipinski definition) is 1. The first-order chi connectivity index (χ1) is 9.25. The Balaban J connectivity index is 2.19. The monoisotopic (exact) mass is 255 g/mol. The second kappa shape index (κ2) is 4.63. The second-order valence-electron chi connectivity index (χ2n) is 4.90. The summed E-state index contributed by atoms with van der Waals surface area (Å²) >= 11 is 0. The van der Waals surface area contributed by atoms with Crippen molar-refractivity contribution in [2.45, 2.75) is 24.8 Å². The van der Waals surface area contributed by atoms with Gasteiger partial charge < -0.3 is 10.5 Å². The van der Waals surface area contributed by atoms with Gasteiger partial charge in [0, 0.05) is 12.4 Å². The maximum atomic E-state index is 6.69. The molecule has 1 aliphatic carbocycles. The summed E-state index contributed by atoms with van der Waals surface area (Å²) < 4.78 is 5.33. The first-order valence-corrected chi connectivity index (χ1v) is 6.48. The van der Waals surface area contributed by atoms with E-state index in [0.29, 0.717) is 5.88 Å². The van der Waals surface area contributed by atoms with E-state index in [9.17, 15) is 0 Å². The predicted molar refractivity (Wildman–Crippen MR) is 72.9 cm³/mol. The Kier molecular flexibility index (Phi) is 2.95. The Hall–Kier alpha value is -1.94. The average Bonchev–Trinajstić information content (AvgIpc) is 2.48. The van der Waals surface area contributed by atoms with Crippen molar-refractivity contribution in [3.8, 4) is 5.88 Å². The topological polar surface area (TPSA) is 61.0 Å². The van der Waals surface area contributed by atoms with Gasteiger partial charge in [-0.15, -0.1) is 0 Å². The lowest BCUT2D eigenvalue weighted by atomic mass is 9.75. The van der Waals surface area contributed by atoms with Crippen molar-refractivity contribution in [1.29, 1.82) is 0 Å². The van der Waals surface area contributed by atoms with Crippen molar-refractivity contribution in [3.63, 3.8) is 0 Å². The minimum absolute atomic E-state index is 0.515. The quantitative estimate of drug-likeness (QED) is 0.892. The van der Waals surface area contributed by atoms with Gasteiger partial charge in [0.15, 0.2) is 0 Å². The molecule has 1 aliphatic rings. The lowest BCUT2D eigenvalue weighted by molar-refractivity contribution is 0.356. The van der Waals surface area contributed by atoms with Crippen LogP contribution < -0.4 is 10.5 Å². The number of benzene rings is 1. The van der Waals surface area contributed by atoms with E-state index in [1.54, 1.807) is 19.5 Å². The van der Waals surface area contributed by atoms with Crippen LogP contribution in [0.25, 0.3) is 0 Å². The zero-order valence-corrected chi connectivity index (χ0v) is 11.0. The van der Waals surface area contributed by atoms with Gasteiger partial charge in [-0.05, 0) is 30.4 Å². The minimum atomic E-state index is -0.603. The number of aromatic nitrogens is 2. The maximum Gasteiger partial charge on any atom is 0.237 e. The van der Waals surface area contributed by atoms with Crippen molar-refractivity contribution in [2.24, 2.45) is 5.73 Å². The number of hydrogen-bond acceptors (Lipinski definition) is 4. The third kappa shape index (κ3) is 1.88. The Morgan fingerprint density at radius 3 is 2.84 bits per heavy atom. The fourth-order valence-corrected chi connectivity index (χ4v) is 2.89. The van der Waals surface area contributed by atoms with Gasteiger partial charge in [0.1, 0.15) is 5.69 Å². The highest BCUT2D eigenvalue weighted by Gasteiger charge is 2.38. The van der Waals surface area contributed by atoms with Gasteiger partial charge in [-0.2, -0.15) is 0 Å². The highest BCUT2D eigenvalue weighted by Crippen LogP contribution is 2.40. The van der Waals surface area contributed by atoms with Crippen molar-refractivity contribution in [1.82, 2.24) is 9.97 Å². The van der Waals surface area contributed by atoms with Crippen LogP contribution in [-0.2, 0) is 12.0 Å². The fourth-order valence-electron chi connectivity index (χ4n) is 2.89. The van der Waals surface area contributed by atoms with Crippen molar-refractivity contribution in [3.05, 3.63) is 53.5 Å². The lowest BCUT2D eigenvalue weighted by Crippen LogP contribution is -2.42.